The van der Waals surface area contributed by atoms with E-state index in [9.17, 15) is 0 Å². The molecule has 23 heavy (non-hydrogen) atoms. The van der Waals surface area contributed by atoms with Gasteiger partial charge in [-0.2, -0.15) is 0 Å². The van der Waals surface area contributed by atoms with E-state index in [-0.39, 0.29) is 29.4 Å². The maximum absolute atomic E-state index is 4.32. The zero-order chi connectivity index (χ0) is 16.4. The maximum atomic E-state index is 4.32. The Kier molecular flexibility index (Phi) is 11.9. The molecule has 2 N–H and O–H groups in total. The quantitative estimate of drug-likeness (QED) is 0.342. The first-order chi connectivity index (χ1) is 10.5. The highest BCUT2D eigenvalue weighted by atomic mass is 127. The van der Waals surface area contributed by atoms with Crippen molar-refractivity contribution in [3.8, 4) is 0 Å². The van der Waals surface area contributed by atoms with Crippen LogP contribution in [0, 0.1) is 0 Å². The van der Waals surface area contributed by atoms with Crippen molar-refractivity contribution in [1.82, 2.24) is 15.5 Å². The van der Waals surface area contributed by atoms with E-state index in [1.807, 2.05) is 18.4 Å². The van der Waals surface area contributed by atoms with E-state index in [1.165, 1.54) is 11.3 Å². The Balaban J connectivity index is 0.00000484. The molecule has 4 nitrogen and oxygen atoms in total. The number of likely N-dealkylation sites (N-methyl/N-ethyl adjacent to an activating group) is 1. The van der Waals surface area contributed by atoms with Gasteiger partial charge in [-0.3, -0.25) is 4.99 Å². The van der Waals surface area contributed by atoms with Crippen molar-refractivity contribution in [3.63, 3.8) is 0 Å². The Morgan fingerprint density at radius 3 is 2.52 bits per heavy atom. The standard InChI is InChI=1S/C17H32N4S.HI/c1-6-11-21(7-2)12-10-19-16(18-5)20-14-17(3,4)15-9-8-13-22-15;/h8-9,13H,6-7,10-12,14H2,1-5H3,(H2,18,19,20);1H. The number of rotatable bonds is 9. The fourth-order valence-corrected chi connectivity index (χ4v) is 3.20. The van der Waals surface area contributed by atoms with E-state index in [0.717, 1.165) is 38.7 Å². The third-order valence-corrected chi connectivity index (χ3v) is 5.05. The molecule has 0 bridgehead atoms. The lowest BCUT2D eigenvalue weighted by molar-refractivity contribution is 0.293. The number of nitrogens with zero attached hydrogens (tertiary/aromatic N) is 2. The smallest absolute Gasteiger partial charge is 0.191 e. The van der Waals surface area contributed by atoms with Crippen LogP contribution in [-0.4, -0.2) is 50.6 Å². The molecule has 0 fully saturated rings. The topological polar surface area (TPSA) is 39.7 Å². The molecule has 0 spiro atoms. The molecule has 134 valence electrons. The molecule has 0 aromatic carbocycles. The monoisotopic (exact) mass is 452 g/mol. The van der Waals surface area contributed by atoms with Crippen molar-refractivity contribution in [3.05, 3.63) is 22.4 Å². The average Bonchev–Trinajstić information content (AvgIpc) is 3.04. The van der Waals surface area contributed by atoms with Crippen LogP contribution in [0.3, 0.4) is 0 Å². The summed E-state index contributed by atoms with van der Waals surface area (Å²) in [6.07, 6.45) is 1.20. The van der Waals surface area contributed by atoms with Gasteiger partial charge >= 0.3 is 0 Å². The lowest BCUT2D eigenvalue weighted by Gasteiger charge is -2.25. The molecule has 0 aliphatic carbocycles. The van der Waals surface area contributed by atoms with Crippen LogP contribution in [0.5, 0.6) is 0 Å². The molecule has 1 rings (SSSR count). The van der Waals surface area contributed by atoms with Gasteiger partial charge in [0.25, 0.3) is 0 Å². The first kappa shape index (κ1) is 22.7. The van der Waals surface area contributed by atoms with E-state index in [0.29, 0.717) is 0 Å². The van der Waals surface area contributed by atoms with E-state index in [1.54, 1.807) is 0 Å². The summed E-state index contributed by atoms with van der Waals surface area (Å²) in [5.41, 5.74) is 0.115. The number of aliphatic imine (C=N–C) groups is 1. The van der Waals surface area contributed by atoms with E-state index >= 15 is 0 Å². The highest BCUT2D eigenvalue weighted by Crippen LogP contribution is 2.26. The summed E-state index contributed by atoms with van der Waals surface area (Å²) in [5, 5.41) is 9.00. The molecule has 0 amide bonds. The summed E-state index contributed by atoms with van der Waals surface area (Å²) in [7, 11) is 1.83. The number of guanidine groups is 1. The first-order valence-corrected chi connectivity index (χ1v) is 9.12. The zero-order valence-corrected chi connectivity index (χ0v) is 18.3. The van der Waals surface area contributed by atoms with Crippen LogP contribution in [-0.2, 0) is 5.41 Å². The van der Waals surface area contributed by atoms with Crippen LogP contribution in [0.1, 0.15) is 39.0 Å². The van der Waals surface area contributed by atoms with Gasteiger partial charge in [-0.1, -0.05) is 33.8 Å². The van der Waals surface area contributed by atoms with Gasteiger partial charge in [0.1, 0.15) is 0 Å². The second-order valence-electron chi connectivity index (χ2n) is 6.15. The Bertz CT molecular complexity index is 432. The molecular formula is C17H33IN4S. The highest BCUT2D eigenvalue weighted by molar-refractivity contribution is 14.0. The number of nitrogens with one attached hydrogen (secondary N) is 2. The van der Waals surface area contributed by atoms with Gasteiger partial charge in [0.15, 0.2) is 5.96 Å². The van der Waals surface area contributed by atoms with Crippen molar-refractivity contribution in [2.24, 2.45) is 4.99 Å². The van der Waals surface area contributed by atoms with Crippen molar-refractivity contribution >= 4 is 41.3 Å². The van der Waals surface area contributed by atoms with Gasteiger partial charge in [0, 0.05) is 37.0 Å². The maximum Gasteiger partial charge on any atom is 0.191 e. The van der Waals surface area contributed by atoms with E-state index in [2.05, 4.69) is 65.7 Å². The minimum Gasteiger partial charge on any atom is -0.356 e. The molecule has 1 aromatic heterocycles. The predicted molar refractivity (Wildman–Crippen MR) is 115 cm³/mol. The molecule has 0 saturated carbocycles. The average molecular weight is 452 g/mol. The minimum atomic E-state index is 0. The third-order valence-electron chi connectivity index (χ3n) is 3.82. The van der Waals surface area contributed by atoms with Crippen LogP contribution in [0.4, 0.5) is 0 Å². The van der Waals surface area contributed by atoms with Crippen molar-refractivity contribution < 1.29 is 0 Å². The van der Waals surface area contributed by atoms with Crippen LogP contribution < -0.4 is 10.6 Å². The van der Waals surface area contributed by atoms with Crippen molar-refractivity contribution in [1.29, 1.82) is 0 Å². The normalized spacial score (nSPS) is 12.2. The van der Waals surface area contributed by atoms with E-state index < -0.39 is 0 Å². The number of halogens is 1. The van der Waals surface area contributed by atoms with Crippen molar-refractivity contribution in [2.45, 2.75) is 39.5 Å². The summed E-state index contributed by atoms with van der Waals surface area (Å²) in [6, 6.07) is 4.31. The largest absolute Gasteiger partial charge is 0.356 e. The molecule has 6 heteroatoms. The van der Waals surface area contributed by atoms with Crippen LogP contribution >= 0.6 is 35.3 Å². The van der Waals surface area contributed by atoms with Gasteiger partial charge in [0.05, 0.1) is 0 Å². The first-order valence-electron chi connectivity index (χ1n) is 8.24. The summed E-state index contributed by atoms with van der Waals surface area (Å²) >= 11 is 1.81. The third kappa shape index (κ3) is 8.35. The van der Waals surface area contributed by atoms with Gasteiger partial charge in [-0.05, 0) is 31.0 Å². The van der Waals surface area contributed by atoms with Gasteiger partial charge in [0.2, 0.25) is 0 Å². The number of thiophene rings is 1. The van der Waals surface area contributed by atoms with Crippen LogP contribution in [0.25, 0.3) is 0 Å². The fraction of sp³-hybridized carbons (Fsp3) is 0.706. The Morgan fingerprint density at radius 1 is 1.26 bits per heavy atom. The van der Waals surface area contributed by atoms with Crippen LogP contribution in [0.15, 0.2) is 22.5 Å². The molecule has 0 atom stereocenters. The summed E-state index contributed by atoms with van der Waals surface area (Å²) < 4.78 is 0. The minimum absolute atomic E-state index is 0. The van der Waals surface area contributed by atoms with Gasteiger partial charge in [-0.25, -0.2) is 0 Å². The van der Waals surface area contributed by atoms with Gasteiger partial charge in [-0.15, -0.1) is 35.3 Å². The second kappa shape index (κ2) is 12.1. The van der Waals surface area contributed by atoms with Crippen molar-refractivity contribution in [2.75, 3.05) is 39.8 Å². The molecule has 0 saturated heterocycles. The molecule has 0 aliphatic heterocycles. The number of hydrogen-bond donors (Lipinski definition) is 2. The second-order valence-corrected chi connectivity index (χ2v) is 7.10. The van der Waals surface area contributed by atoms with E-state index in [4.69, 9.17) is 0 Å². The molecule has 0 radical (unpaired) electrons. The lowest BCUT2D eigenvalue weighted by atomic mass is 9.91. The Hall–Kier alpha value is -0.340. The summed E-state index contributed by atoms with van der Waals surface area (Å²) in [5.74, 6) is 0.886. The highest BCUT2D eigenvalue weighted by Gasteiger charge is 2.21. The van der Waals surface area contributed by atoms with Crippen LogP contribution in [0.2, 0.25) is 0 Å². The predicted octanol–water partition coefficient (Wildman–Crippen LogP) is 3.54. The number of hydrogen-bond acceptors (Lipinski definition) is 3. The van der Waals surface area contributed by atoms with Gasteiger partial charge < -0.3 is 15.5 Å². The molecule has 1 aromatic rings. The fourth-order valence-electron chi connectivity index (χ4n) is 2.35. The SMILES string of the molecule is CCCN(CC)CCNC(=NC)NCC(C)(C)c1cccs1.I. The summed E-state index contributed by atoms with van der Waals surface area (Å²) in [6.45, 7) is 14.1. The Morgan fingerprint density at radius 2 is 2.00 bits per heavy atom. The molecule has 0 unspecified atom stereocenters. The zero-order valence-electron chi connectivity index (χ0n) is 15.2. The Labute approximate surface area is 163 Å². The summed E-state index contributed by atoms with van der Waals surface area (Å²) in [4.78, 5) is 8.17. The molecular weight excluding hydrogens is 419 g/mol. The lowest BCUT2D eigenvalue weighted by Crippen LogP contribution is -2.45. The molecule has 0 aliphatic rings. The molecule has 1 heterocycles.